The van der Waals surface area contributed by atoms with Gasteiger partial charge in [-0.15, -0.1) is 0 Å². The fraction of sp³-hybridized carbons (Fsp3) is 0.300. The molecule has 0 saturated heterocycles. The molecule has 1 aliphatic heterocycles. The summed E-state index contributed by atoms with van der Waals surface area (Å²) < 4.78 is 18.3. The van der Waals surface area contributed by atoms with E-state index in [1.165, 1.54) is 6.07 Å². The van der Waals surface area contributed by atoms with Gasteiger partial charge in [0.1, 0.15) is 17.1 Å². The predicted octanol–water partition coefficient (Wildman–Crippen LogP) is 1.85. The Morgan fingerprint density at radius 1 is 1.50 bits per heavy atom. The van der Waals surface area contributed by atoms with Crippen LogP contribution in [0.5, 0.6) is 5.75 Å². The molecule has 1 N–H and O–H groups in total. The van der Waals surface area contributed by atoms with Crippen LogP contribution in [-0.4, -0.2) is 17.7 Å². The molecule has 0 amide bonds. The second-order valence-corrected chi connectivity index (χ2v) is 3.17. The molecule has 0 fully saturated rings. The molecule has 0 aromatic heterocycles. The molecule has 0 unspecified atom stereocenters. The molecule has 0 aliphatic carbocycles. The second kappa shape index (κ2) is 3.29. The Kier molecular flexibility index (Phi) is 2.11. The van der Waals surface area contributed by atoms with E-state index in [1.807, 2.05) is 0 Å². The largest absolute Gasteiger partial charge is 0.492 e. The summed E-state index contributed by atoms with van der Waals surface area (Å²) in [6, 6.07) is 2.76. The first kappa shape index (κ1) is 8.99. The highest BCUT2D eigenvalue weighted by atomic mass is 19.1. The van der Waals surface area contributed by atoms with Crippen LogP contribution in [0, 0.1) is 5.82 Å². The SMILES string of the molecule is O=C(O)c1c(F)ccc2c1OCCC2. The highest BCUT2D eigenvalue weighted by Crippen LogP contribution is 2.30. The maximum atomic E-state index is 13.2. The van der Waals surface area contributed by atoms with Gasteiger partial charge in [0.2, 0.25) is 0 Å². The number of fused-ring (bicyclic) bond motifs is 1. The smallest absolute Gasteiger partial charge is 0.342 e. The molecule has 1 aromatic carbocycles. The van der Waals surface area contributed by atoms with Crippen molar-refractivity contribution in [3.05, 3.63) is 29.1 Å². The Balaban J connectivity index is 2.60. The number of aromatic carboxylic acids is 1. The summed E-state index contributed by atoms with van der Waals surface area (Å²) in [5.41, 5.74) is 0.428. The van der Waals surface area contributed by atoms with Gasteiger partial charge in [-0.25, -0.2) is 9.18 Å². The number of carboxylic acid groups (broad SMARTS) is 1. The first-order valence-corrected chi connectivity index (χ1v) is 4.37. The van der Waals surface area contributed by atoms with Crippen molar-refractivity contribution in [1.29, 1.82) is 0 Å². The zero-order valence-corrected chi connectivity index (χ0v) is 7.42. The van der Waals surface area contributed by atoms with E-state index in [4.69, 9.17) is 9.84 Å². The van der Waals surface area contributed by atoms with Crippen LogP contribution in [0.2, 0.25) is 0 Å². The summed E-state index contributed by atoms with van der Waals surface area (Å²) in [6.07, 6.45) is 1.59. The molecule has 4 heteroatoms. The van der Waals surface area contributed by atoms with Gasteiger partial charge in [0.25, 0.3) is 0 Å². The van der Waals surface area contributed by atoms with Gasteiger partial charge in [0.15, 0.2) is 0 Å². The summed E-state index contributed by atoms with van der Waals surface area (Å²) in [5.74, 6) is -1.82. The second-order valence-electron chi connectivity index (χ2n) is 3.17. The predicted molar refractivity (Wildman–Crippen MR) is 47.2 cm³/mol. The molecule has 0 radical (unpaired) electrons. The maximum Gasteiger partial charge on any atom is 0.342 e. The molecule has 1 aliphatic rings. The number of hydrogen-bond donors (Lipinski definition) is 1. The van der Waals surface area contributed by atoms with Gasteiger partial charge in [-0.05, 0) is 24.5 Å². The molecule has 74 valence electrons. The number of carboxylic acids is 1. The van der Waals surface area contributed by atoms with Gasteiger partial charge in [-0.2, -0.15) is 0 Å². The molecular formula is C10H9FO3. The quantitative estimate of drug-likeness (QED) is 0.745. The Bertz CT molecular complexity index is 387. The molecular weight excluding hydrogens is 187 g/mol. The third kappa shape index (κ3) is 1.32. The van der Waals surface area contributed by atoms with E-state index in [9.17, 15) is 9.18 Å². The van der Waals surface area contributed by atoms with E-state index in [-0.39, 0.29) is 11.3 Å². The monoisotopic (exact) mass is 196 g/mol. The van der Waals surface area contributed by atoms with Crippen molar-refractivity contribution in [2.75, 3.05) is 6.61 Å². The van der Waals surface area contributed by atoms with E-state index < -0.39 is 11.8 Å². The van der Waals surface area contributed by atoms with Crippen LogP contribution < -0.4 is 4.74 Å². The lowest BCUT2D eigenvalue weighted by Crippen LogP contribution is -2.14. The zero-order valence-electron chi connectivity index (χ0n) is 7.42. The van der Waals surface area contributed by atoms with Crippen molar-refractivity contribution in [2.24, 2.45) is 0 Å². The van der Waals surface area contributed by atoms with E-state index in [1.54, 1.807) is 6.07 Å². The lowest BCUT2D eigenvalue weighted by molar-refractivity contribution is 0.0685. The number of hydrogen-bond acceptors (Lipinski definition) is 2. The van der Waals surface area contributed by atoms with Crippen LogP contribution in [0.4, 0.5) is 4.39 Å². The zero-order chi connectivity index (χ0) is 10.1. The van der Waals surface area contributed by atoms with Gasteiger partial charge in [0.05, 0.1) is 6.61 Å². The number of carbonyl (C=O) groups is 1. The fourth-order valence-electron chi connectivity index (χ4n) is 1.60. The number of rotatable bonds is 1. The van der Waals surface area contributed by atoms with E-state index in [0.29, 0.717) is 6.61 Å². The molecule has 2 rings (SSSR count). The van der Waals surface area contributed by atoms with Crippen molar-refractivity contribution in [2.45, 2.75) is 12.8 Å². The van der Waals surface area contributed by atoms with Crippen LogP contribution in [0.1, 0.15) is 22.3 Å². The summed E-state index contributed by atoms with van der Waals surface area (Å²) in [6.45, 7) is 0.455. The molecule has 0 saturated carbocycles. The van der Waals surface area contributed by atoms with Gasteiger partial charge >= 0.3 is 5.97 Å². The highest BCUT2D eigenvalue weighted by molar-refractivity contribution is 5.91. The minimum atomic E-state index is -1.28. The highest BCUT2D eigenvalue weighted by Gasteiger charge is 2.22. The van der Waals surface area contributed by atoms with E-state index >= 15 is 0 Å². The Morgan fingerprint density at radius 2 is 2.29 bits per heavy atom. The Morgan fingerprint density at radius 3 is 3.00 bits per heavy atom. The summed E-state index contributed by atoms with van der Waals surface area (Å²) >= 11 is 0. The number of halogens is 1. The molecule has 14 heavy (non-hydrogen) atoms. The topological polar surface area (TPSA) is 46.5 Å². The fourth-order valence-corrected chi connectivity index (χ4v) is 1.60. The average Bonchev–Trinajstić information content (AvgIpc) is 2.17. The van der Waals surface area contributed by atoms with Gasteiger partial charge < -0.3 is 9.84 Å². The normalized spacial score (nSPS) is 14.4. The van der Waals surface area contributed by atoms with Crippen molar-refractivity contribution in [1.82, 2.24) is 0 Å². The molecule has 3 nitrogen and oxygen atoms in total. The lowest BCUT2D eigenvalue weighted by Gasteiger charge is -2.18. The summed E-state index contributed by atoms with van der Waals surface area (Å²) in [4.78, 5) is 10.8. The van der Waals surface area contributed by atoms with Crippen molar-refractivity contribution in [3.63, 3.8) is 0 Å². The minimum absolute atomic E-state index is 0.198. The standard InChI is InChI=1S/C10H9FO3/c11-7-4-3-6-2-1-5-14-9(6)8(7)10(12)13/h3-4H,1-2,5H2,(H,12,13). The molecule has 1 heterocycles. The molecule has 1 aromatic rings. The van der Waals surface area contributed by atoms with E-state index in [0.717, 1.165) is 18.4 Å². The Labute approximate surface area is 80.1 Å². The number of ether oxygens (including phenoxy) is 1. The first-order chi connectivity index (χ1) is 6.70. The molecule has 0 bridgehead atoms. The number of aryl methyl sites for hydroxylation is 1. The van der Waals surface area contributed by atoms with Crippen molar-refractivity contribution in [3.8, 4) is 5.75 Å². The van der Waals surface area contributed by atoms with Gasteiger partial charge in [-0.1, -0.05) is 6.07 Å². The summed E-state index contributed by atoms with van der Waals surface area (Å²) in [5, 5.41) is 8.80. The third-order valence-electron chi connectivity index (χ3n) is 2.24. The lowest BCUT2D eigenvalue weighted by atomic mass is 10.0. The van der Waals surface area contributed by atoms with Crippen LogP contribution >= 0.6 is 0 Å². The number of benzene rings is 1. The van der Waals surface area contributed by atoms with Crippen LogP contribution in [0.3, 0.4) is 0 Å². The van der Waals surface area contributed by atoms with Crippen LogP contribution in [0.25, 0.3) is 0 Å². The molecule has 0 atom stereocenters. The van der Waals surface area contributed by atoms with Crippen LogP contribution in [0.15, 0.2) is 12.1 Å². The van der Waals surface area contributed by atoms with Crippen LogP contribution in [-0.2, 0) is 6.42 Å². The van der Waals surface area contributed by atoms with Crippen molar-refractivity contribution >= 4 is 5.97 Å². The maximum absolute atomic E-state index is 13.2. The first-order valence-electron chi connectivity index (χ1n) is 4.37. The third-order valence-corrected chi connectivity index (χ3v) is 2.24. The minimum Gasteiger partial charge on any atom is -0.492 e. The summed E-state index contributed by atoms with van der Waals surface area (Å²) in [7, 11) is 0. The molecule has 0 spiro atoms. The van der Waals surface area contributed by atoms with Gasteiger partial charge in [0, 0.05) is 0 Å². The Hall–Kier alpha value is -1.58. The average molecular weight is 196 g/mol. The van der Waals surface area contributed by atoms with Crippen molar-refractivity contribution < 1.29 is 19.0 Å². The van der Waals surface area contributed by atoms with Gasteiger partial charge in [-0.3, -0.25) is 0 Å². The van der Waals surface area contributed by atoms with E-state index in [2.05, 4.69) is 0 Å².